The Bertz CT molecular complexity index is 569. The number of amides is 2. The fourth-order valence-electron chi connectivity index (χ4n) is 3.51. The van der Waals surface area contributed by atoms with Crippen LogP contribution in [0.25, 0.3) is 0 Å². The van der Waals surface area contributed by atoms with Crippen molar-refractivity contribution in [2.45, 2.75) is 33.1 Å². The van der Waals surface area contributed by atoms with Gasteiger partial charge in [-0.25, -0.2) is 0 Å². The van der Waals surface area contributed by atoms with Gasteiger partial charge in [-0.3, -0.25) is 9.59 Å². The third-order valence-electron chi connectivity index (χ3n) is 4.77. The van der Waals surface area contributed by atoms with Gasteiger partial charge < -0.3 is 9.80 Å². The monoisotopic (exact) mass is 291 g/mol. The van der Waals surface area contributed by atoms with Crippen molar-refractivity contribution < 1.29 is 9.59 Å². The van der Waals surface area contributed by atoms with E-state index in [2.05, 4.69) is 15.4 Å². The highest BCUT2D eigenvalue weighted by Crippen LogP contribution is 2.40. The topological polar surface area (TPSA) is 82.2 Å². The van der Waals surface area contributed by atoms with Gasteiger partial charge >= 0.3 is 0 Å². The Morgan fingerprint density at radius 1 is 1.33 bits per heavy atom. The van der Waals surface area contributed by atoms with Crippen molar-refractivity contribution in [2.75, 3.05) is 26.2 Å². The molecule has 2 amide bonds. The van der Waals surface area contributed by atoms with Crippen LogP contribution >= 0.6 is 0 Å². The molecule has 1 N–H and O–H groups in total. The van der Waals surface area contributed by atoms with E-state index in [1.807, 2.05) is 11.8 Å². The molecule has 114 valence electrons. The van der Waals surface area contributed by atoms with E-state index in [1.54, 1.807) is 11.8 Å². The summed E-state index contributed by atoms with van der Waals surface area (Å²) in [6.07, 6.45) is 2.65. The van der Waals surface area contributed by atoms with E-state index in [0.29, 0.717) is 24.5 Å². The van der Waals surface area contributed by atoms with Crippen LogP contribution in [0.15, 0.2) is 0 Å². The zero-order valence-corrected chi connectivity index (χ0v) is 12.6. The fraction of sp³-hybridized carbons (Fsp3) is 0.714. The number of aromatic nitrogens is 3. The Morgan fingerprint density at radius 3 is 2.81 bits per heavy atom. The number of likely N-dealkylation sites (tertiary alicyclic amines) is 2. The van der Waals surface area contributed by atoms with E-state index in [-0.39, 0.29) is 17.2 Å². The van der Waals surface area contributed by atoms with Gasteiger partial charge in [0.2, 0.25) is 5.91 Å². The number of piperidine rings is 1. The van der Waals surface area contributed by atoms with Crippen LogP contribution in [0.2, 0.25) is 0 Å². The molecular weight excluding hydrogens is 270 g/mol. The second kappa shape index (κ2) is 5.13. The molecule has 0 saturated carbocycles. The van der Waals surface area contributed by atoms with E-state index in [9.17, 15) is 9.59 Å². The number of rotatable bonds is 2. The van der Waals surface area contributed by atoms with E-state index in [4.69, 9.17) is 0 Å². The molecule has 3 heterocycles. The molecule has 0 aromatic carbocycles. The average molecular weight is 291 g/mol. The molecule has 0 radical (unpaired) electrons. The number of aryl methyl sites for hydroxylation is 1. The van der Waals surface area contributed by atoms with E-state index in [0.717, 1.165) is 32.4 Å². The van der Waals surface area contributed by atoms with Gasteiger partial charge in [0.1, 0.15) is 0 Å². The van der Waals surface area contributed by atoms with E-state index < -0.39 is 0 Å². The summed E-state index contributed by atoms with van der Waals surface area (Å²) in [6, 6.07) is 0. The van der Waals surface area contributed by atoms with Crippen molar-refractivity contribution in [3.63, 3.8) is 0 Å². The number of aromatic amines is 1. The normalized spacial score (nSPS) is 25.9. The highest BCUT2D eigenvalue weighted by Gasteiger charge is 2.49. The van der Waals surface area contributed by atoms with Crippen LogP contribution in [-0.2, 0) is 4.79 Å². The Labute approximate surface area is 123 Å². The number of carbonyl (C=O) groups excluding carboxylic acids is 2. The molecule has 7 heteroatoms. The van der Waals surface area contributed by atoms with Crippen molar-refractivity contribution in [3.8, 4) is 0 Å². The Hall–Kier alpha value is -1.92. The maximum Gasteiger partial charge on any atom is 0.276 e. The molecule has 1 atom stereocenters. The van der Waals surface area contributed by atoms with Gasteiger partial charge in [0, 0.05) is 26.2 Å². The summed E-state index contributed by atoms with van der Waals surface area (Å²) in [7, 11) is 0. The van der Waals surface area contributed by atoms with Crippen LogP contribution in [0.3, 0.4) is 0 Å². The standard InChI is InChI=1S/C14H21N5O2/c1-3-18-7-4-5-14(13(18)21)6-8-19(9-14)12(20)11-10(2)15-17-16-11/h3-9H2,1-2H3,(H,15,16,17)/t14-/m0/s1. The fourth-order valence-corrected chi connectivity index (χ4v) is 3.51. The SMILES string of the molecule is CCN1CCC[C@@]2(CCN(C(=O)c3n[nH]nc3C)C2)C1=O. The minimum absolute atomic E-state index is 0.125. The summed E-state index contributed by atoms with van der Waals surface area (Å²) in [6.45, 7) is 6.48. The number of nitrogens with zero attached hydrogens (tertiary/aromatic N) is 4. The first-order chi connectivity index (χ1) is 10.1. The molecule has 7 nitrogen and oxygen atoms in total. The highest BCUT2D eigenvalue weighted by atomic mass is 16.2. The van der Waals surface area contributed by atoms with Crippen molar-refractivity contribution in [1.29, 1.82) is 0 Å². The molecule has 2 saturated heterocycles. The molecule has 1 aromatic heterocycles. The first-order valence-electron chi connectivity index (χ1n) is 7.53. The molecule has 2 aliphatic rings. The summed E-state index contributed by atoms with van der Waals surface area (Å²) < 4.78 is 0. The number of hydrogen-bond donors (Lipinski definition) is 1. The first-order valence-corrected chi connectivity index (χ1v) is 7.53. The number of carbonyl (C=O) groups is 2. The van der Waals surface area contributed by atoms with Gasteiger partial charge in [0.15, 0.2) is 5.69 Å². The lowest BCUT2D eigenvalue weighted by Gasteiger charge is -2.38. The first kappa shape index (κ1) is 14.0. The van der Waals surface area contributed by atoms with Crippen LogP contribution in [0.4, 0.5) is 0 Å². The summed E-state index contributed by atoms with van der Waals surface area (Å²) in [5.41, 5.74) is 0.593. The van der Waals surface area contributed by atoms with Crippen molar-refractivity contribution >= 4 is 11.8 Å². The summed E-state index contributed by atoms with van der Waals surface area (Å²) in [5, 5.41) is 10.3. The second-order valence-corrected chi connectivity index (χ2v) is 6.00. The molecule has 0 bridgehead atoms. The Balaban J connectivity index is 1.77. The molecule has 2 fully saturated rings. The van der Waals surface area contributed by atoms with E-state index in [1.165, 1.54) is 0 Å². The Kier molecular flexibility index (Phi) is 3.43. The summed E-state index contributed by atoms with van der Waals surface area (Å²) >= 11 is 0. The van der Waals surface area contributed by atoms with Crippen molar-refractivity contribution in [2.24, 2.45) is 5.41 Å². The molecular formula is C14H21N5O2. The van der Waals surface area contributed by atoms with Gasteiger partial charge in [-0.2, -0.15) is 15.4 Å². The predicted octanol–water partition coefficient (Wildman–Crippen LogP) is 0.588. The minimum Gasteiger partial charge on any atom is -0.342 e. The van der Waals surface area contributed by atoms with Crippen LogP contribution in [0.5, 0.6) is 0 Å². The van der Waals surface area contributed by atoms with Crippen LogP contribution in [-0.4, -0.2) is 63.2 Å². The van der Waals surface area contributed by atoms with Crippen LogP contribution < -0.4 is 0 Å². The molecule has 0 unspecified atom stereocenters. The molecule has 0 aliphatic carbocycles. The Morgan fingerprint density at radius 2 is 2.14 bits per heavy atom. The van der Waals surface area contributed by atoms with E-state index >= 15 is 0 Å². The molecule has 3 rings (SSSR count). The third-order valence-corrected chi connectivity index (χ3v) is 4.77. The predicted molar refractivity (Wildman–Crippen MR) is 75.6 cm³/mol. The summed E-state index contributed by atoms with van der Waals surface area (Å²) in [5.74, 6) is 0.0861. The van der Waals surface area contributed by atoms with Gasteiger partial charge in [-0.05, 0) is 33.1 Å². The quantitative estimate of drug-likeness (QED) is 0.864. The van der Waals surface area contributed by atoms with Crippen LogP contribution in [0.1, 0.15) is 42.4 Å². The number of nitrogens with one attached hydrogen (secondary N) is 1. The minimum atomic E-state index is -0.373. The zero-order valence-electron chi connectivity index (χ0n) is 12.6. The molecule has 1 spiro atoms. The van der Waals surface area contributed by atoms with Gasteiger partial charge in [-0.15, -0.1) is 0 Å². The maximum absolute atomic E-state index is 12.7. The molecule has 21 heavy (non-hydrogen) atoms. The smallest absolute Gasteiger partial charge is 0.276 e. The van der Waals surface area contributed by atoms with Crippen molar-refractivity contribution in [3.05, 3.63) is 11.4 Å². The highest BCUT2D eigenvalue weighted by molar-refractivity contribution is 5.94. The van der Waals surface area contributed by atoms with Crippen molar-refractivity contribution in [1.82, 2.24) is 25.2 Å². The summed E-state index contributed by atoms with van der Waals surface area (Å²) in [4.78, 5) is 28.8. The molecule has 1 aromatic rings. The lowest BCUT2D eigenvalue weighted by molar-refractivity contribution is -0.145. The third kappa shape index (κ3) is 2.20. The molecule has 2 aliphatic heterocycles. The van der Waals surface area contributed by atoms with Gasteiger partial charge in [0.05, 0.1) is 11.1 Å². The lowest BCUT2D eigenvalue weighted by atomic mass is 9.78. The van der Waals surface area contributed by atoms with Crippen LogP contribution in [0, 0.1) is 12.3 Å². The largest absolute Gasteiger partial charge is 0.342 e. The zero-order chi connectivity index (χ0) is 15.0. The maximum atomic E-state index is 12.7. The lowest BCUT2D eigenvalue weighted by Crippen LogP contribution is -2.50. The van der Waals surface area contributed by atoms with Gasteiger partial charge in [-0.1, -0.05) is 0 Å². The number of hydrogen-bond acceptors (Lipinski definition) is 4. The average Bonchev–Trinajstić information content (AvgIpc) is 3.09. The van der Waals surface area contributed by atoms with Gasteiger partial charge in [0.25, 0.3) is 5.91 Å². The second-order valence-electron chi connectivity index (χ2n) is 6.00. The number of H-pyrrole nitrogens is 1.